The van der Waals surface area contributed by atoms with E-state index < -0.39 is 5.82 Å². The van der Waals surface area contributed by atoms with Crippen LogP contribution in [0.2, 0.25) is 5.02 Å². The monoisotopic (exact) mass is 250 g/mol. The molecule has 0 unspecified atom stereocenters. The molecule has 2 nitrogen and oxygen atoms in total. The third-order valence-electron chi connectivity index (χ3n) is 2.46. The molecule has 2 aromatic rings. The van der Waals surface area contributed by atoms with Gasteiger partial charge in [-0.25, -0.2) is 4.39 Å². The van der Waals surface area contributed by atoms with Crippen molar-refractivity contribution in [2.45, 2.75) is 6.92 Å². The molecule has 2 rings (SSSR count). The maximum Gasteiger partial charge on any atom is 0.143 e. The minimum absolute atomic E-state index is 0.111. The van der Waals surface area contributed by atoms with E-state index in [0.717, 1.165) is 11.3 Å². The number of aryl methyl sites for hydroxylation is 1. The second-order valence-corrected chi connectivity index (χ2v) is 4.24. The van der Waals surface area contributed by atoms with Crippen molar-refractivity contribution in [1.29, 1.82) is 0 Å². The lowest BCUT2D eigenvalue weighted by Gasteiger charge is -2.10. The van der Waals surface area contributed by atoms with Crippen LogP contribution >= 0.6 is 11.6 Å². The first kappa shape index (κ1) is 11.7. The number of hydrogen-bond acceptors (Lipinski definition) is 2. The Morgan fingerprint density at radius 1 is 1.18 bits per heavy atom. The van der Waals surface area contributed by atoms with Gasteiger partial charge in [-0.05, 0) is 42.8 Å². The van der Waals surface area contributed by atoms with Crippen LogP contribution in [0.3, 0.4) is 0 Å². The summed E-state index contributed by atoms with van der Waals surface area (Å²) < 4.78 is 13.3. The lowest BCUT2D eigenvalue weighted by molar-refractivity contribution is 0.629. The molecule has 3 N–H and O–H groups in total. The molecule has 0 aliphatic rings. The Bertz CT molecular complexity index is 555. The molecule has 0 amide bonds. The van der Waals surface area contributed by atoms with Gasteiger partial charge in [0.05, 0.1) is 5.02 Å². The van der Waals surface area contributed by atoms with Gasteiger partial charge in [-0.3, -0.25) is 0 Å². The standard InChI is InChI=1S/C13H12ClFN2/c1-8-2-3-9(16)6-13(8)17-10-4-5-11(14)12(15)7-10/h2-7,17H,16H2,1H3. The van der Waals surface area contributed by atoms with Crippen molar-refractivity contribution < 1.29 is 4.39 Å². The van der Waals surface area contributed by atoms with Gasteiger partial charge in [-0.1, -0.05) is 17.7 Å². The summed E-state index contributed by atoms with van der Waals surface area (Å²) in [5.41, 5.74) is 8.89. The molecule has 0 radical (unpaired) electrons. The molecule has 0 spiro atoms. The van der Waals surface area contributed by atoms with Crippen molar-refractivity contribution in [2.24, 2.45) is 0 Å². The first-order valence-electron chi connectivity index (χ1n) is 5.14. The number of nitrogens with one attached hydrogen (secondary N) is 1. The van der Waals surface area contributed by atoms with Crippen LogP contribution in [0.1, 0.15) is 5.56 Å². The van der Waals surface area contributed by atoms with E-state index in [1.54, 1.807) is 6.07 Å². The largest absolute Gasteiger partial charge is 0.399 e. The molecule has 0 aliphatic carbocycles. The van der Waals surface area contributed by atoms with Crippen molar-refractivity contribution in [1.82, 2.24) is 0 Å². The highest BCUT2D eigenvalue weighted by atomic mass is 35.5. The minimum atomic E-state index is -0.446. The van der Waals surface area contributed by atoms with Gasteiger partial charge in [-0.2, -0.15) is 0 Å². The summed E-state index contributed by atoms with van der Waals surface area (Å²) in [5, 5.41) is 3.21. The highest BCUT2D eigenvalue weighted by Crippen LogP contribution is 2.25. The number of benzene rings is 2. The average Bonchev–Trinajstić information content (AvgIpc) is 2.29. The molecule has 0 bridgehead atoms. The van der Waals surface area contributed by atoms with Gasteiger partial charge >= 0.3 is 0 Å². The molecule has 0 fully saturated rings. The Morgan fingerprint density at radius 3 is 2.65 bits per heavy atom. The molecule has 0 atom stereocenters. The number of rotatable bonds is 2. The molecule has 88 valence electrons. The van der Waals surface area contributed by atoms with Gasteiger partial charge in [0.25, 0.3) is 0 Å². The lowest BCUT2D eigenvalue weighted by atomic mass is 10.1. The number of nitrogens with two attached hydrogens (primary N) is 1. The molecule has 0 aliphatic heterocycles. The summed E-state index contributed by atoms with van der Waals surface area (Å²) in [5.74, 6) is -0.446. The molecular weight excluding hydrogens is 239 g/mol. The predicted molar refractivity (Wildman–Crippen MR) is 70.3 cm³/mol. The third kappa shape index (κ3) is 2.68. The second-order valence-electron chi connectivity index (χ2n) is 3.83. The molecule has 17 heavy (non-hydrogen) atoms. The Kier molecular flexibility index (Phi) is 3.20. The fourth-order valence-electron chi connectivity index (χ4n) is 1.50. The van der Waals surface area contributed by atoms with Crippen LogP contribution in [0.5, 0.6) is 0 Å². The Labute approximate surface area is 104 Å². The predicted octanol–water partition coefficient (Wildman–Crippen LogP) is 4.11. The summed E-state index contributed by atoms with van der Waals surface area (Å²) in [6.07, 6.45) is 0. The topological polar surface area (TPSA) is 38.0 Å². The molecule has 2 aromatic carbocycles. The zero-order valence-corrected chi connectivity index (χ0v) is 10.1. The van der Waals surface area contributed by atoms with Crippen molar-refractivity contribution in [3.05, 3.63) is 52.8 Å². The highest BCUT2D eigenvalue weighted by molar-refractivity contribution is 6.30. The highest BCUT2D eigenvalue weighted by Gasteiger charge is 2.03. The second kappa shape index (κ2) is 4.63. The van der Waals surface area contributed by atoms with Gasteiger partial charge in [-0.15, -0.1) is 0 Å². The zero-order chi connectivity index (χ0) is 12.4. The van der Waals surface area contributed by atoms with Crippen LogP contribution in [0.4, 0.5) is 21.5 Å². The van der Waals surface area contributed by atoms with Crippen LogP contribution in [-0.4, -0.2) is 0 Å². The molecule has 0 saturated heterocycles. The number of anilines is 3. The fraction of sp³-hybridized carbons (Fsp3) is 0.0769. The maximum atomic E-state index is 13.3. The molecule has 0 heterocycles. The summed E-state index contributed by atoms with van der Waals surface area (Å²) in [6, 6.07) is 10.1. The van der Waals surface area contributed by atoms with E-state index in [-0.39, 0.29) is 5.02 Å². The van der Waals surface area contributed by atoms with Crippen LogP contribution < -0.4 is 11.1 Å². The Hall–Kier alpha value is -1.74. The average molecular weight is 251 g/mol. The van der Waals surface area contributed by atoms with Crippen molar-refractivity contribution in [2.75, 3.05) is 11.1 Å². The van der Waals surface area contributed by atoms with Crippen molar-refractivity contribution in [3.8, 4) is 0 Å². The quantitative estimate of drug-likeness (QED) is 0.787. The van der Waals surface area contributed by atoms with E-state index in [1.165, 1.54) is 12.1 Å². The molecule has 4 heteroatoms. The van der Waals surface area contributed by atoms with Gasteiger partial charge in [0.15, 0.2) is 0 Å². The van der Waals surface area contributed by atoms with Crippen molar-refractivity contribution >= 4 is 28.7 Å². The van der Waals surface area contributed by atoms with Crippen LogP contribution in [0, 0.1) is 12.7 Å². The van der Waals surface area contributed by atoms with Crippen LogP contribution in [0.25, 0.3) is 0 Å². The smallest absolute Gasteiger partial charge is 0.143 e. The van der Waals surface area contributed by atoms with Crippen molar-refractivity contribution in [3.63, 3.8) is 0 Å². The fourth-order valence-corrected chi connectivity index (χ4v) is 1.62. The van der Waals surface area contributed by atoms with Gasteiger partial charge in [0.1, 0.15) is 5.82 Å². The van der Waals surface area contributed by atoms with Gasteiger partial charge in [0.2, 0.25) is 0 Å². The minimum Gasteiger partial charge on any atom is -0.399 e. The van der Waals surface area contributed by atoms with Gasteiger partial charge in [0, 0.05) is 17.1 Å². The van der Waals surface area contributed by atoms with E-state index in [4.69, 9.17) is 17.3 Å². The summed E-state index contributed by atoms with van der Waals surface area (Å²) >= 11 is 5.62. The molecular formula is C13H12ClFN2. The van der Waals surface area contributed by atoms with E-state index >= 15 is 0 Å². The van der Waals surface area contributed by atoms with Crippen LogP contribution in [-0.2, 0) is 0 Å². The summed E-state index contributed by atoms with van der Waals surface area (Å²) in [6.45, 7) is 1.95. The van der Waals surface area contributed by atoms with E-state index in [0.29, 0.717) is 11.4 Å². The van der Waals surface area contributed by atoms with Gasteiger partial charge < -0.3 is 11.1 Å². The van der Waals surface area contributed by atoms with E-state index in [1.807, 2.05) is 25.1 Å². The zero-order valence-electron chi connectivity index (χ0n) is 9.30. The number of hydrogen-bond donors (Lipinski definition) is 2. The first-order valence-corrected chi connectivity index (χ1v) is 5.52. The Balaban J connectivity index is 2.31. The number of nitrogen functional groups attached to an aromatic ring is 1. The number of halogens is 2. The summed E-state index contributed by atoms with van der Waals surface area (Å²) in [7, 11) is 0. The third-order valence-corrected chi connectivity index (χ3v) is 2.77. The lowest BCUT2D eigenvalue weighted by Crippen LogP contribution is -1.95. The maximum absolute atomic E-state index is 13.3. The normalized spacial score (nSPS) is 10.3. The first-order chi connectivity index (χ1) is 8.06. The van der Waals surface area contributed by atoms with E-state index in [2.05, 4.69) is 5.32 Å². The van der Waals surface area contributed by atoms with E-state index in [9.17, 15) is 4.39 Å². The van der Waals surface area contributed by atoms with Crippen LogP contribution in [0.15, 0.2) is 36.4 Å². The summed E-state index contributed by atoms with van der Waals surface area (Å²) in [4.78, 5) is 0. The molecule has 0 aromatic heterocycles. The Morgan fingerprint density at radius 2 is 1.94 bits per heavy atom. The SMILES string of the molecule is Cc1ccc(N)cc1Nc1ccc(Cl)c(F)c1. The molecule has 0 saturated carbocycles.